The van der Waals surface area contributed by atoms with Gasteiger partial charge in [0.1, 0.15) is 26.3 Å². The first-order valence-electron chi connectivity index (χ1n) is 3.97. The maximum atomic E-state index is 9.32. The predicted octanol–water partition coefficient (Wildman–Crippen LogP) is -0.398. The van der Waals surface area contributed by atoms with Gasteiger partial charge in [0.2, 0.25) is 0 Å². The van der Waals surface area contributed by atoms with Crippen LogP contribution >= 0.6 is 0 Å². The van der Waals surface area contributed by atoms with Crippen molar-refractivity contribution in [2.45, 2.75) is 6.10 Å². The molecule has 1 atom stereocenters. The second kappa shape index (κ2) is 2.89. The van der Waals surface area contributed by atoms with Crippen molar-refractivity contribution in [3.05, 3.63) is 23.8 Å². The van der Waals surface area contributed by atoms with E-state index in [0.29, 0.717) is 16.8 Å². The van der Waals surface area contributed by atoms with Crippen LogP contribution in [-0.2, 0) is 0 Å². The van der Waals surface area contributed by atoms with Gasteiger partial charge < -0.3 is 15.3 Å². The summed E-state index contributed by atoms with van der Waals surface area (Å²) in [5.74, 6) is 0.615. The van der Waals surface area contributed by atoms with Crippen molar-refractivity contribution in [1.82, 2.24) is 0 Å². The van der Waals surface area contributed by atoms with Crippen LogP contribution in [0.3, 0.4) is 0 Å². The van der Waals surface area contributed by atoms with Crippen LogP contribution in [0.1, 0.15) is 5.56 Å². The molecule has 1 aliphatic heterocycles. The quantitative estimate of drug-likeness (QED) is 0.524. The van der Waals surface area contributed by atoms with Crippen molar-refractivity contribution >= 4 is 19.0 Å². The highest BCUT2D eigenvalue weighted by molar-refractivity contribution is 6.33. The van der Waals surface area contributed by atoms with Crippen molar-refractivity contribution in [3.8, 4) is 5.75 Å². The molecule has 64 valence electrons. The molecule has 0 saturated carbocycles. The van der Waals surface area contributed by atoms with Gasteiger partial charge in [-0.1, -0.05) is 17.6 Å². The van der Waals surface area contributed by atoms with Gasteiger partial charge in [-0.25, -0.2) is 0 Å². The van der Waals surface area contributed by atoms with E-state index in [1.165, 1.54) is 0 Å². The first-order chi connectivity index (χ1) is 6.18. The minimum atomic E-state index is -0.839. The second-order valence-electron chi connectivity index (χ2n) is 3.00. The highest BCUT2D eigenvalue weighted by Crippen LogP contribution is 2.22. The molecular weight excluding hydrogens is 165 g/mol. The Morgan fingerprint density at radius 3 is 3.08 bits per heavy atom. The largest absolute Gasteiger partial charge is 0.490 e. The zero-order valence-electron chi connectivity index (χ0n) is 6.95. The lowest BCUT2D eigenvalue weighted by atomic mass is 9.91. The maximum absolute atomic E-state index is 9.32. The molecule has 0 aliphatic carbocycles. The van der Waals surface area contributed by atoms with Gasteiger partial charge in [-0.2, -0.15) is 0 Å². The van der Waals surface area contributed by atoms with E-state index in [1.807, 2.05) is 0 Å². The SMILES string of the molecule is [B]c1ccc2c(c1)C(=N)[C@@H](O)CO2. The van der Waals surface area contributed by atoms with Crippen LogP contribution in [0.4, 0.5) is 0 Å². The average molecular weight is 173 g/mol. The molecule has 0 spiro atoms. The monoisotopic (exact) mass is 173 g/mol. The molecular formula is C9H8BNO2. The zero-order chi connectivity index (χ0) is 9.42. The summed E-state index contributed by atoms with van der Waals surface area (Å²) in [6.45, 7) is 0.149. The van der Waals surface area contributed by atoms with E-state index >= 15 is 0 Å². The van der Waals surface area contributed by atoms with Crippen molar-refractivity contribution in [2.24, 2.45) is 0 Å². The second-order valence-corrected chi connectivity index (χ2v) is 3.00. The summed E-state index contributed by atoms with van der Waals surface area (Å²) in [6, 6.07) is 5.06. The van der Waals surface area contributed by atoms with Gasteiger partial charge >= 0.3 is 0 Å². The number of fused-ring (bicyclic) bond motifs is 1. The number of aliphatic hydroxyl groups is 1. The molecule has 2 N–H and O–H groups in total. The van der Waals surface area contributed by atoms with Crippen LogP contribution in [0.25, 0.3) is 0 Å². The van der Waals surface area contributed by atoms with Crippen LogP contribution in [0, 0.1) is 5.41 Å². The van der Waals surface area contributed by atoms with E-state index in [4.69, 9.17) is 18.0 Å². The lowest BCUT2D eigenvalue weighted by Crippen LogP contribution is -2.33. The third kappa shape index (κ3) is 1.33. The van der Waals surface area contributed by atoms with Crippen molar-refractivity contribution in [3.63, 3.8) is 0 Å². The summed E-state index contributed by atoms with van der Waals surface area (Å²) in [5, 5.41) is 16.9. The molecule has 0 fully saturated rings. The van der Waals surface area contributed by atoms with Crippen molar-refractivity contribution in [2.75, 3.05) is 6.61 Å². The number of hydrogen-bond donors (Lipinski definition) is 2. The summed E-state index contributed by atoms with van der Waals surface area (Å²) in [5.41, 5.74) is 1.33. The van der Waals surface area contributed by atoms with Gasteiger partial charge in [-0.05, 0) is 6.07 Å². The van der Waals surface area contributed by atoms with Gasteiger partial charge in [0.05, 0.1) is 5.71 Å². The predicted molar refractivity (Wildman–Crippen MR) is 50.2 cm³/mol. The van der Waals surface area contributed by atoms with Crippen LogP contribution < -0.4 is 10.2 Å². The summed E-state index contributed by atoms with van der Waals surface area (Å²) in [6.07, 6.45) is -0.839. The molecule has 4 heteroatoms. The Labute approximate surface area is 77.3 Å². The van der Waals surface area contributed by atoms with Gasteiger partial charge in [-0.3, -0.25) is 0 Å². The molecule has 1 aromatic carbocycles. The number of benzene rings is 1. The Balaban J connectivity index is 2.51. The third-order valence-electron chi connectivity index (χ3n) is 2.02. The molecule has 0 unspecified atom stereocenters. The van der Waals surface area contributed by atoms with Crippen LogP contribution in [0.5, 0.6) is 5.75 Å². The maximum Gasteiger partial charge on any atom is 0.130 e. The Morgan fingerprint density at radius 1 is 1.54 bits per heavy atom. The van der Waals surface area contributed by atoms with Crippen LogP contribution in [0.2, 0.25) is 0 Å². The fraction of sp³-hybridized carbons (Fsp3) is 0.222. The Kier molecular flexibility index (Phi) is 1.85. The fourth-order valence-electron chi connectivity index (χ4n) is 1.32. The first kappa shape index (κ1) is 8.32. The van der Waals surface area contributed by atoms with Crippen molar-refractivity contribution in [1.29, 1.82) is 5.41 Å². The summed E-state index contributed by atoms with van der Waals surface area (Å²) in [7, 11) is 5.56. The van der Waals surface area contributed by atoms with E-state index in [1.54, 1.807) is 18.2 Å². The molecule has 2 rings (SSSR count). The molecule has 3 nitrogen and oxygen atoms in total. The molecule has 1 aliphatic rings. The number of aliphatic hydroxyl groups excluding tert-OH is 1. The number of hydrogen-bond acceptors (Lipinski definition) is 3. The summed E-state index contributed by atoms with van der Waals surface area (Å²) < 4.78 is 5.21. The molecule has 1 aromatic rings. The lowest BCUT2D eigenvalue weighted by molar-refractivity contribution is 0.150. The topological polar surface area (TPSA) is 53.3 Å². The van der Waals surface area contributed by atoms with E-state index < -0.39 is 6.10 Å². The molecule has 13 heavy (non-hydrogen) atoms. The highest BCUT2D eigenvalue weighted by Gasteiger charge is 2.22. The van der Waals surface area contributed by atoms with E-state index in [0.717, 1.165) is 0 Å². The molecule has 1 heterocycles. The van der Waals surface area contributed by atoms with Crippen molar-refractivity contribution < 1.29 is 9.84 Å². The Bertz CT molecular complexity index is 365. The average Bonchev–Trinajstić information content (AvgIpc) is 2.12. The number of rotatable bonds is 0. The minimum absolute atomic E-state index is 0.149. The minimum Gasteiger partial charge on any atom is -0.490 e. The number of nitrogens with one attached hydrogen (secondary N) is 1. The Hall–Kier alpha value is -1.29. The third-order valence-corrected chi connectivity index (χ3v) is 2.02. The van der Waals surface area contributed by atoms with Gasteiger partial charge in [0, 0.05) is 5.56 Å². The normalized spacial score (nSPS) is 20.7. The molecule has 0 amide bonds. The molecule has 0 saturated heterocycles. The standard InChI is InChI=1S/C9H8BNO2/c10-5-1-2-8-6(3-5)9(11)7(12)4-13-8/h1-3,7,11-12H,4H2/t7-/m0/s1. The van der Waals surface area contributed by atoms with Crippen LogP contribution in [0.15, 0.2) is 18.2 Å². The van der Waals surface area contributed by atoms with Gasteiger partial charge in [0.15, 0.2) is 0 Å². The molecule has 0 bridgehead atoms. The highest BCUT2D eigenvalue weighted by atomic mass is 16.5. The summed E-state index contributed by atoms with van der Waals surface area (Å²) in [4.78, 5) is 0. The fourth-order valence-corrected chi connectivity index (χ4v) is 1.32. The van der Waals surface area contributed by atoms with Crippen LogP contribution in [-0.4, -0.2) is 31.4 Å². The number of ether oxygens (including phenoxy) is 1. The van der Waals surface area contributed by atoms with Gasteiger partial charge in [-0.15, -0.1) is 0 Å². The summed E-state index contributed by atoms with van der Waals surface area (Å²) >= 11 is 0. The smallest absolute Gasteiger partial charge is 0.130 e. The zero-order valence-corrected chi connectivity index (χ0v) is 6.95. The Morgan fingerprint density at radius 2 is 2.31 bits per heavy atom. The molecule has 0 aromatic heterocycles. The van der Waals surface area contributed by atoms with E-state index in [2.05, 4.69) is 0 Å². The van der Waals surface area contributed by atoms with E-state index in [-0.39, 0.29) is 12.3 Å². The lowest BCUT2D eigenvalue weighted by Gasteiger charge is -2.22. The van der Waals surface area contributed by atoms with Gasteiger partial charge in [0.25, 0.3) is 0 Å². The first-order valence-corrected chi connectivity index (χ1v) is 3.97. The van der Waals surface area contributed by atoms with E-state index in [9.17, 15) is 5.11 Å². The molecule has 2 radical (unpaired) electrons.